The Morgan fingerprint density at radius 3 is 2.29 bits per heavy atom. The molecule has 0 aliphatic rings. The standard InChI is InChI=1S/C27H22F3NO6S/c1-35-22-12-10-20(11-13-22)26(32)31(18-24-8-4-14-36-24)17-19-5-2-7-23(15-19)37-38(33,34)25-9-3-6-21(16-25)27(28,29)30/h2-16H,17-18H2,1H3. The highest BCUT2D eigenvalue weighted by molar-refractivity contribution is 7.87. The summed E-state index contributed by atoms with van der Waals surface area (Å²) in [6.45, 7) is 0.192. The summed E-state index contributed by atoms with van der Waals surface area (Å²) in [5, 5.41) is 0. The largest absolute Gasteiger partial charge is 0.497 e. The molecule has 0 bridgehead atoms. The molecule has 0 fully saturated rings. The number of carbonyl (C=O) groups is 1. The number of methoxy groups -OCH3 is 1. The second-order valence-corrected chi connectivity index (χ2v) is 9.73. The molecular formula is C27H22F3NO6S. The van der Waals surface area contributed by atoms with Crippen LogP contribution in [0, 0.1) is 0 Å². The Kier molecular flexibility index (Phi) is 7.77. The van der Waals surface area contributed by atoms with E-state index in [9.17, 15) is 26.4 Å². The van der Waals surface area contributed by atoms with Gasteiger partial charge < -0.3 is 18.2 Å². The van der Waals surface area contributed by atoms with Gasteiger partial charge in [-0.05, 0) is 72.3 Å². The minimum absolute atomic E-state index is 0.0619. The maximum Gasteiger partial charge on any atom is 0.416 e. The maximum absolute atomic E-state index is 13.3. The zero-order valence-electron chi connectivity index (χ0n) is 20.0. The van der Waals surface area contributed by atoms with Crippen LogP contribution in [-0.2, 0) is 29.4 Å². The predicted molar refractivity (Wildman–Crippen MR) is 131 cm³/mol. The van der Waals surface area contributed by atoms with Crippen molar-refractivity contribution in [2.75, 3.05) is 7.11 Å². The number of furan rings is 1. The first-order chi connectivity index (χ1) is 18.0. The van der Waals surface area contributed by atoms with E-state index in [1.165, 1.54) is 36.5 Å². The number of benzene rings is 3. The van der Waals surface area contributed by atoms with Crippen molar-refractivity contribution in [2.45, 2.75) is 24.2 Å². The van der Waals surface area contributed by atoms with Crippen LogP contribution in [0.1, 0.15) is 27.2 Å². The van der Waals surface area contributed by atoms with Crippen LogP contribution in [-0.4, -0.2) is 26.3 Å². The van der Waals surface area contributed by atoms with Crippen molar-refractivity contribution in [3.63, 3.8) is 0 Å². The van der Waals surface area contributed by atoms with E-state index in [1.807, 2.05) is 0 Å². The van der Waals surface area contributed by atoms with E-state index >= 15 is 0 Å². The number of hydrogen-bond donors (Lipinski definition) is 0. The van der Waals surface area contributed by atoms with Crippen molar-refractivity contribution in [3.8, 4) is 11.5 Å². The molecule has 4 aromatic rings. The lowest BCUT2D eigenvalue weighted by atomic mass is 10.1. The van der Waals surface area contributed by atoms with Gasteiger partial charge in [0.1, 0.15) is 22.2 Å². The van der Waals surface area contributed by atoms with Gasteiger partial charge >= 0.3 is 16.3 Å². The zero-order chi connectivity index (χ0) is 27.3. The Bertz CT molecular complexity index is 1500. The van der Waals surface area contributed by atoms with Gasteiger partial charge in [0.05, 0.1) is 25.5 Å². The van der Waals surface area contributed by atoms with Crippen LogP contribution in [0.4, 0.5) is 13.2 Å². The number of alkyl halides is 3. The summed E-state index contributed by atoms with van der Waals surface area (Å²) in [7, 11) is -3.04. The summed E-state index contributed by atoms with van der Waals surface area (Å²) in [6.07, 6.45) is -3.22. The second kappa shape index (κ2) is 11.0. The molecule has 38 heavy (non-hydrogen) atoms. The lowest BCUT2D eigenvalue weighted by Crippen LogP contribution is -2.30. The van der Waals surface area contributed by atoms with E-state index in [4.69, 9.17) is 13.3 Å². The van der Waals surface area contributed by atoms with Crippen LogP contribution in [0.25, 0.3) is 0 Å². The lowest BCUT2D eigenvalue weighted by Gasteiger charge is -2.22. The van der Waals surface area contributed by atoms with Crippen LogP contribution in [0.2, 0.25) is 0 Å². The molecule has 0 unspecified atom stereocenters. The molecule has 7 nitrogen and oxygen atoms in total. The average molecular weight is 546 g/mol. The van der Waals surface area contributed by atoms with Crippen molar-refractivity contribution in [3.05, 3.63) is 114 Å². The molecule has 0 aliphatic carbocycles. The van der Waals surface area contributed by atoms with Gasteiger partial charge in [0, 0.05) is 12.1 Å². The van der Waals surface area contributed by atoms with Gasteiger partial charge in [-0.25, -0.2) is 0 Å². The summed E-state index contributed by atoms with van der Waals surface area (Å²) >= 11 is 0. The van der Waals surface area contributed by atoms with Gasteiger partial charge in [-0.1, -0.05) is 18.2 Å². The first kappa shape index (κ1) is 26.8. The fourth-order valence-electron chi connectivity index (χ4n) is 3.63. The van der Waals surface area contributed by atoms with Crippen molar-refractivity contribution >= 4 is 16.0 Å². The molecule has 0 atom stereocenters. The van der Waals surface area contributed by atoms with E-state index in [2.05, 4.69) is 0 Å². The number of rotatable bonds is 9. The first-order valence-electron chi connectivity index (χ1n) is 11.2. The third-order valence-corrected chi connectivity index (χ3v) is 6.72. The number of halogens is 3. The molecule has 0 saturated heterocycles. The van der Waals surface area contributed by atoms with Crippen LogP contribution >= 0.6 is 0 Å². The number of hydrogen-bond acceptors (Lipinski definition) is 6. The molecule has 0 saturated carbocycles. The van der Waals surface area contributed by atoms with Crippen LogP contribution in [0.5, 0.6) is 11.5 Å². The molecule has 11 heteroatoms. The van der Waals surface area contributed by atoms with Crippen LogP contribution < -0.4 is 8.92 Å². The molecule has 3 aromatic carbocycles. The minimum atomic E-state index is -4.71. The van der Waals surface area contributed by atoms with Gasteiger partial charge in [-0.2, -0.15) is 21.6 Å². The summed E-state index contributed by atoms with van der Waals surface area (Å²) in [5.41, 5.74) is -0.186. The first-order valence-corrected chi connectivity index (χ1v) is 12.6. The molecule has 0 aliphatic heterocycles. The quantitative estimate of drug-likeness (QED) is 0.243. The number of carbonyl (C=O) groups excluding carboxylic acids is 1. The molecule has 0 radical (unpaired) electrons. The molecular weight excluding hydrogens is 523 g/mol. The van der Waals surface area contributed by atoms with Crippen molar-refractivity contribution < 1.29 is 39.7 Å². The average Bonchev–Trinajstić information content (AvgIpc) is 3.41. The highest BCUT2D eigenvalue weighted by Crippen LogP contribution is 2.31. The topological polar surface area (TPSA) is 86.0 Å². The molecule has 4 rings (SSSR count). The lowest BCUT2D eigenvalue weighted by molar-refractivity contribution is -0.137. The zero-order valence-corrected chi connectivity index (χ0v) is 20.8. The summed E-state index contributed by atoms with van der Waals surface area (Å²) in [6, 6.07) is 19.2. The Balaban J connectivity index is 1.57. The van der Waals surface area contributed by atoms with Gasteiger partial charge in [-0.15, -0.1) is 0 Å². The van der Waals surface area contributed by atoms with Gasteiger partial charge in [0.15, 0.2) is 0 Å². The SMILES string of the molecule is COc1ccc(C(=O)N(Cc2cccc(OS(=O)(=O)c3cccc(C(F)(F)F)c3)c2)Cc2ccco2)cc1. The monoisotopic (exact) mass is 545 g/mol. The smallest absolute Gasteiger partial charge is 0.416 e. The van der Waals surface area contributed by atoms with Gasteiger partial charge in [0.25, 0.3) is 5.91 Å². The highest BCUT2D eigenvalue weighted by Gasteiger charge is 2.32. The Morgan fingerprint density at radius 1 is 0.895 bits per heavy atom. The Labute approximate surface area is 217 Å². The number of ether oxygens (including phenoxy) is 1. The summed E-state index contributed by atoms with van der Waals surface area (Å²) < 4.78 is 80.2. The van der Waals surface area contributed by atoms with Crippen molar-refractivity contribution in [1.29, 1.82) is 0 Å². The van der Waals surface area contributed by atoms with E-state index in [0.29, 0.717) is 28.7 Å². The summed E-state index contributed by atoms with van der Waals surface area (Å²) in [5.74, 6) is 0.694. The normalized spacial score (nSPS) is 11.7. The third-order valence-electron chi connectivity index (χ3n) is 5.48. The molecule has 1 aromatic heterocycles. The van der Waals surface area contributed by atoms with Gasteiger partial charge in [-0.3, -0.25) is 4.79 Å². The number of amides is 1. The minimum Gasteiger partial charge on any atom is -0.497 e. The van der Waals surface area contributed by atoms with E-state index < -0.39 is 26.8 Å². The fraction of sp³-hybridized carbons (Fsp3) is 0.148. The highest BCUT2D eigenvalue weighted by atomic mass is 32.2. The maximum atomic E-state index is 13.3. The van der Waals surface area contributed by atoms with Crippen molar-refractivity contribution in [2.24, 2.45) is 0 Å². The van der Waals surface area contributed by atoms with E-state index in [-0.39, 0.29) is 24.7 Å². The molecule has 0 N–H and O–H groups in total. The van der Waals surface area contributed by atoms with E-state index in [0.717, 1.165) is 18.2 Å². The molecule has 1 heterocycles. The molecule has 198 valence electrons. The van der Waals surface area contributed by atoms with Gasteiger partial charge in [0.2, 0.25) is 0 Å². The third kappa shape index (κ3) is 6.54. The number of nitrogens with zero attached hydrogens (tertiary/aromatic N) is 1. The fourth-order valence-corrected chi connectivity index (χ4v) is 4.59. The predicted octanol–water partition coefficient (Wildman–Crippen LogP) is 5.92. The molecule has 1 amide bonds. The van der Waals surface area contributed by atoms with Crippen molar-refractivity contribution in [1.82, 2.24) is 4.90 Å². The Morgan fingerprint density at radius 2 is 1.63 bits per heavy atom. The van der Waals surface area contributed by atoms with Crippen LogP contribution in [0.3, 0.4) is 0 Å². The summed E-state index contributed by atoms with van der Waals surface area (Å²) in [4.78, 5) is 14.2. The van der Waals surface area contributed by atoms with E-state index in [1.54, 1.807) is 42.5 Å². The van der Waals surface area contributed by atoms with Crippen LogP contribution in [0.15, 0.2) is 101 Å². The molecule has 0 spiro atoms. The second-order valence-electron chi connectivity index (χ2n) is 8.18. The Hall–Kier alpha value is -4.25.